The quantitative estimate of drug-likeness (QED) is 0.293. The molecule has 4 heterocycles. The minimum atomic E-state index is -0.267. The molecule has 5 aromatic rings. The van der Waals surface area contributed by atoms with Crippen molar-refractivity contribution in [2.45, 2.75) is 25.5 Å². The summed E-state index contributed by atoms with van der Waals surface area (Å²) in [5, 5.41) is 21.9. The van der Waals surface area contributed by atoms with E-state index in [-0.39, 0.29) is 11.7 Å². The molecule has 4 aromatic heterocycles. The maximum atomic E-state index is 13.1. The number of nitrogens with zero attached hydrogens (tertiary/aromatic N) is 5. The fraction of sp³-hybridized carbons (Fsp3) is 0.154. The number of furan rings is 2. The predicted molar refractivity (Wildman–Crippen MR) is 135 cm³/mol. The third-order valence-corrected chi connectivity index (χ3v) is 6.74. The molecule has 180 valence electrons. The molecular weight excluding hydrogens is 476 g/mol. The second-order valence-electron chi connectivity index (χ2n) is 8.00. The Morgan fingerprint density at radius 3 is 2.53 bits per heavy atom. The lowest BCUT2D eigenvalue weighted by Crippen LogP contribution is -2.18. The van der Waals surface area contributed by atoms with Gasteiger partial charge in [-0.05, 0) is 55.8 Å². The van der Waals surface area contributed by atoms with Crippen molar-refractivity contribution in [1.29, 1.82) is 5.26 Å². The first-order valence-corrected chi connectivity index (χ1v) is 12.1. The van der Waals surface area contributed by atoms with Crippen LogP contribution in [0.1, 0.15) is 22.6 Å². The van der Waals surface area contributed by atoms with Crippen LogP contribution in [0.3, 0.4) is 0 Å². The van der Waals surface area contributed by atoms with E-state index < -0.39 is 0 Å². The van der Waals surface area contributed by atoms with E-state index in [0.717, 1.165) is 22.7 Å². The van der Waals surface area contributed by atoms with Crippen molar-refractivity contribution in [3.05, 3.63) is 89.7 Å². The van der Waals surface area contributed by atoms with Gasteiger partial charge in [-0.1, -0.05) is 30.0 Å². The molecule has 0 aliphatic rings. The van der Waals surface area contributed by atoms with Gasteiger partial charge in [0.05, 0.1) is 30.4 Å². The van der Waals surface area contributed by atoms with Gasteiger partial charge in [-0.15, -0.1) is 10.2 Å². The standard InChI is InChI=1S/C26H22N6O3S/c1-17-18(2)31(15-20-10-6-12-34-20)24(21(17)14-27)28-23(33)16-36-26-30-29-25(22-11-7-13-35-22)32(26)19-8-4-3-5-9-19/h3-13H,15-16H2,1-2H3,(H,28,33). The highest BCUT2D eigenvalue weighted by Crippen LogP contribution is 2.30. The molecule has 0 fully saturated rings. The first-order valence-electron chi connectivity index (χ1n) is 11.2. The average molecular weight is 499 g/mol. The number of hydrogen-bond acceptors (Lipinski definition) is 7. The molecule has 1 amide bonds. The van der Waals surface area contributed by atoms with E-state index in [1.807, 2.05) is 65.4 Å². The molecule has 10 heteroatoms. The molecule has 1 N–H and O–H groups in total. The molecular formula is C26H22N6O3S. The summed E-state index contributed by atoms with van der Waals surface area (Å²) in [6.07, 6.45) is 3.18. The highest BCUT2D eigenvalue weighted by atomic mass is 32.2. The number of nitriles is 1. The predicted octanol–water partition coefficient (Wildman–Crippen LogP) is 5.19. The number of nitrogens with one attached hydrogen (secondary N) is 1. The molecule has 0 bridgehead atoms. The Labute approximate surface area is 211 Å². The van der Waals surface area contributed by atoms with Crippen LogP contribution in [-0.2, 0) is 11.3 Å². The number of rotatable bonds is 8. The van der Waals surface area contributed by atoms with Gasteiger partial charge in [0.15, 0.2) is 10.9 Å². The third-order valence-electron chi connectivity index (χ3n) is 5.81. The van der Waals surface area contributed by atoms with Gasteiger partial charge >= 0.3 is 0 Å². The van der Waals surface area contributed by atoms with Crippen LogP contribution in [0.2, 0.25) is 0 Å². The topological polar surface area (TPSA) is 115 Å². The minimum absolute atomic E-state index is 0.0675. The van der Waals surface area contributed by atoms with Gasteiger partial charge in [0.1, 0.15) is 17.6 Å². The van der Waals surface area contributed by atoms with Gasteiger partial charge in [-0.3, -0.25) is 9.36 Å². The Kier molecular flexibility index (Phi) is 6.47. The van der Waals surface area contributed by atoms with Crippen LogP contribution in [0.15, 0.2) is 81.1 Å². The van der Waals surface area contributed by atoms with Crippen molar-refractivity contribution in [2.24, 2.45) is 0 Å². The van der Waals surface area contributed by atoms with E-state index in [2.05, 4.69) is 21.6 Å². The Morgan fingerprint density at radius 1 is 1.06 bits per heavy atom. The molecule has 36 heavy (non-hydrogen) atoms. The molecule has 0 aliphatic heterocycles. The number of benzene rings is 1. The smallest absolute Gasteiger partial charge is 0.235 e. The van der Waals surface area contributed by atoms with Crippen LogP contribution in [0.5, 0.6) is 0 Å². The highest BCUT2D eigenvalue weighted by molar-refractivity contribution is 7.99. The van der Waals surface area contributed by atoms with Crippen molar-refractivity contribution < 1.29 is 13.6 Å². The highest BCUT2D eigenvalue weighted by Gasteiger charge is 2.22. The minimum Gasteiger partial charge on any atom is -0.467 e. The normalized spacial score (nSPS) is 10.9. The lowest BCUT2D eigenvalue weighted by molar-refractivity contribution is -0.113. The number of thioether (sulfide) groups is 1. The van der Waals surface area contributed by atoms with E-state index in [0.29, 0.717) is 34.7 Å². The zero-order chi connectivity index (χ0) is 25.1. The molecule has 0 unspecified atom stereocenters. The summed E-state index contributed by atoms with van der Waals surface area (Å²) < 4.78 is 14.8. The molecule has 0 atom stereocenters. The first-order chi connectivity index (χ1) is 17.6. The van der Waals surface area contributed by atoms with E-state index in [4.69, 9.17) is 8.83 Å². The van der Waals surface area contributed by atoms with Crippen LogP contribution < -0.4 is 5.32 Å². The molecule has 0 spiro atoms. The summed E-state index contributed by atoms with van der Waals surface area (Å²) in [5.41, 5.74) is 2.99. The first kappa shape index (κ1) is 23.3. The van der Waals surface area contributed by atoms with Crippen LogP contribution in [0.4, 0.5) is 5.82 Å². The average Bonchev–Trinajstić information content (AvgIpc) is 3.69. The summed E-state index contributed by atoms with van der Waals surface area (Å²) >= 11 is 1.25. The van der Waals surface area contributed by atoms with Crippen molar-refractivity contribution in [1.82, 2.24) is 19.3 Å². The molecule has 5 rings (SSSR count). The second-order valence-corrected chi connectivity index (χ2v) is 8.95. The number of aromatic nitrogens is 4. The Bertz CT molecular complexity index is 1530. The zero-order valence-electron chi connectivity index (χ0n) is 19.6. The third kappa shape index (κ3) is 4.44. The van der Waals surface area contributed by atoms with Gasteiger partial charge in [-0.2, -0.15) is 5.26 Å². The van der Waals surface area contributed by atoms with Crippen LogP contribution in [0.25, 0.3) is 17.3 Å². The van der Waals surface area contributed by atoms with Crippen molar-refractivity contribution in [3.63, 3.8) is 0 Å². The van der Waals surface area contributed by atoms with Gasteiger partial charge in [-0.25, -0.2) is 0 Å². The van der Waals surface area contributed by atoms with Crippen molar-refractivity contribution in [2.75, 3.05) is 11.1 Å². The summed E-state index contributed by atoms with van der Waals surface area (Å²) in [6, 6.07) is 19.1. The van der Waals surface area contributed by atoms with Crippen LogP contribution in [0, 0.1) is 25.2 Å². The number of carbonyl (C=O) groups excluding carboxylic acids is 1. The Balaban J connectivity index is 1.39. The van der Waals surface area contributed by atoms with E-state index in [9.17, 15) is 10.1 Å². The molecule has 0 saturated carbocycles. The van der Waals surface area contributed by atoms with E-state index in [1.54, 1.807) is 24.7 Å². The Morgan fingerprint density at radius 2 is 1.83 bits per heavy atom. The second kappa shape index (κ2) is 10.0. The number of anilines is 1. The van der Waals surface area contributed by atoms with Gasteiger partial charge in [0.2, 0.25) is 11.7 Å². The van der Waals surface area contributed by atoms with Gasteiger partial charge < -0.3 is 18.7 Å². The molecule has 0 saturated heterocycles. The van der Waals surface area contributed by atoms with Crippen molar-refractivity contribution in [3.8, 4) is 23.3 Å². The van der Waals surface area contributed by atoms with Gasteiger partial charge in [0, 0.05) is 11.4 Å². The Hall–Kier alpha value is -4.49. The summed E-state index contributed by atoms with van der Waals surface area (Å²) in [7, 11) is 0. The summed E-state index contributed by atoms with van der Waals surface area (Å²) in [4.78, 5) is 13.1. The SMILES string of the molecule is Cc1c(C#N)c(NC(=O)CSc2nnc(-c3ccco3)n2-c2ccccc2)n(Cc2ccco2)c1C. The fourth-order valence-electron chi connectivity index (χ4n) is 3.92. The maximum Gasteiger partial charge on any atom is 0.235 e. The number of amides is 1. The monoisotopic (exact) mass is 498 g/mol. The number of hydrogen-bond donors (Lipinski definition) is 1. The maximum absolute atomic E-state index is 13.1. The summed E-state index contributed by atoms with van der Waals surface area (Å²) in [6.45, 7) is 4.19. The van der Waals surface area contributed by atoms with Crippen molar-refractivity contribution >= 4 is 23.5 Å². The largest absolute Gasteiger partial charge is 0.467 e. The number of carbonyl (C=O) groups is 1. The lowest BCUT2D eigenvalue weighted by Gasteiger charge is -2.12. The molecule has 0 radical (unpaired) electrons. The molecule has 9 nitrogen and oxygen atoms in total. The van der Waals surface area contributed by atoms with Crippen LogP contribution in [-0.4, -0.2) is 31.0 Å². The zero-order valence-corrected chi connectivity index (χ0v) is 20.5. The van der Waals surface area contributed by atoms with E-state index in [1.165, 1.54) is 11.8 Å². The fourth-order valence-corrected chi connectivity index (χ4v) is 4.68. The van der Waals surface area contributed by atoms with Crippen LogP contribution >= 0.6 is 11.8 Å². The number of para-hydroxylation sites is 1. The van der Waals surface area contributed by atoms with Gasteiger partial charge in [0.25, 0.3) is 0 Å². The summed E-state index contributed by atoms with van der Waals surface area (Å²) in [5.74, 6) is 2.09. The lowest BCUT2D eigenvalue weighted by atomic mass is 10.2. The van der Waals surface area contributed by atoms with E-state index >= 15 is 0 Å². The molecule has 0 aliphatic carbocycles. The molecule has 1 aromatic carbocycles.